The molecule has 0 aliphatic carbocycles. The van der Waals surface area contributed by atoms with Crippen LogP contribution in [-0.4, -0.2) is 16.7 Å². The molecule has 0 aliphatic heterocycles. The molecule has 1 N–H and O–H groups in total. The quantitative estimate of drug-likeness (QED) is 0.598. The molecule has 0 aromatic heterocycles. The van der Waals surface area contributed by atoms with Gasteiger partial charge < -0.3 is 9.99 Å². The van der Waals surface area contributed by atoms with Crippen LogP contribution in [0.1, 0.15) is 44.0 Å². The van der Waals surface area contributed by atoms with E-state index in [-0.39, 0.29) is 11.3 Å². The summed E-state index contributed by atoms with van der Waals surface area (Å²) in [5.41, 5.74) is -0.457. The van der Waals surface area contributed by atoms with Crippen LogP contribution in [0.3, 0.4) is 0 Å². The molecule has 0 radical (unpaired) electrons. The first-order valence-electron chi connectivity index (χ1n) is 5.81. The number of aromatic carboxylic acids is 1. The predicted molar refractivity (Wildman–Crippen MR) is 65.2 cm³/mol. The first-order valence-corrected chi connectivity index (χ1v) is 5.81. The number of benzene rings is 1. The molecule has 0 bridgehead atoms. The summed E-state index contributed by atoms with van der Waals surface area (Å²) in [5.74, 6) is -0.973. The normalized spacial score (nSPS) is 11.3. The second-order valence-electron chi connectivity index (χ2n) is 4.55. The highest BCUT2D eigenvalue weighted by molar-refractivity contribution is 5.90. The number of carboxylic acid groups (broad SMARTS) is 1. The van der Waals surface area contributed by atoms with Gasteiger partial charge in [0.25, 0.3) is 0 Å². The number of rotatable bonds is 7. The SMILES string of the molecule is CCCC(C)(C)OOOc1ccccc1C(=O)O. The molecule has 5 nitrogen and oxygen atoms in total. The van der Waals surface area contributed by atoms with E-state index in [1.54, 1.807) is 12.1 Å². The Morgan fingerprint density at radius 2 is 2.00 bits per heavy atom. The Morgan fingerprint density at radius 1 is 1.33 bits per heavy atom. The Labute approximate surface area is 106 Å². The lowest BCUT2D eigenvalue weighted by molar-refractivity contribution is -0.499. The fraction of sp³-hybridized carbons (Fsp3) is 0.462. The highest BCUT2D eigenvalue weighted by Crippen LogP contribution is 2.21. The maximum atomic E-state index is 10.9. The predicted octanol–water partition coefficient (Wildman–Crippen LogP) is 3.21. The molecule has 0 heterocycles. The third-order valence-corrected chi connectivity index (χ3v) is 2.35. The molecule has 1 rings (SSSR count). The van der Waals surface area contributed by atoms with Gasteiger partial charge in [-0.1, -0.05) is 25.5 Å². The third kappa shape index (κ3) is 4.35. The van der Waals surface area contributed by atoms with Crippen LogP contribution in [-0.2, 0) is 9.93 Å². The van der Waals surface area contributed by atoms with Crippen molar-refractivity contribution in [3.8, 4) is 5.75 Å². The highest BCUT2D eigenvalue weighted by Gasteiger charge is 2.20. The molecule has 0 unspecified atom stereocenters. The molecule has 0 fully saturated rings. The summed E-state index contributed by atoms with van der Waals surface area (Å²) in [7, 11) is 0. The largest absolute Gasteiger partial charge is 0.478 e. The molecule has 0 amide bonds. The first kappa shape index (κ1) is 14.5. The van der Waals surface area contributed by atoms with E-state index in [1.165, 1.54) is 12.1 Å². The van der Waals surface area contributed by atoms with Crippen molar-refractivity contribution in [3.05, 3.63) is 29.8 Å². The second kappa shape index (κ2) is 6.37. The zero-order chi connectivity index (χ0) is 13.6. The molecule has 1 aromatic carbocycles. The van der Waals surface area contributed by atoms with Crippen molar-refractivity contribution in [2.45, 2.75) is 39.2 Å². The molecule has 18 heavy (non-hydrogen) atoms. The first-order chi connectivity index (χ1) is 8.46. The Morgan fingerprint density at radius 3 is 2.61 bits per heavy atom. The van der Waals surface area contributed by atoms with Crippen LogP contribution in [0, 0.1) is 0 Å². The average Bonchev–Trinajstić information content (AvgIpc) is 2.29. The van der Waals surface area contributed by atoms with Crippen molar-refractivity contribution >= 4 is 5.97 Å². The minimum atomic E-state index is -1.08. The average molecular weight is 254 g/mol. The summed E-state index contributed by atoms with van der Waals surface area (Å²) < 4.78 is 0. The Kier molecular flexibility index (Phi) is 5.12. The van der Waals surface area contributed by atoms with Gasteiger partial charge in [-0.25, -0.2) is 4.79 Å². The minimum Gasteiger partial charge on any atom is -0.478 e. The van der Waals surface area contributed by atoms with Gasteiger partial charge in [0.15, 0.2) is 5.75 Å². The third-order valence-electron chi connectivity index (χ3n) is 2.35. The van der Waals surface area contributed by atoms with Gasteiger partial charge in [0.1, 0.15) is 11.2 Å². The van der Waals surface area contributed by atoms with E-state index in [0.29, 0.717) is 0 Å². The number of carboxylic acids is 1. The van der Waals surface area contributed by atoms with Crippen molar-refractivity contribution in [1.29, 1.82) is 0 Å². The molecule has 0 spiro atoms. The standard InChI is InChI=1S/C13H18O5/c1-4-9-13(2,3)17-18-16-11-8-6-5-7-10(11)12(14)15/h5-8H,4,9H2,1-3H3,(H,14,15). The molecular weight excluding hydrogens is 236 g/mol. The fourth-order valence-corrected chi connectivity index (χ4v) is 1.51. The topological polar surface area (TPSA) is 65.0 Å². The molecule has 100 valence electrons. The molecule has 5 heteroatoms. The van der Waals surface area contributed by atoms with Crippen LogP contribution in [0.15, 0.2) is 24.3 Å². The van der Waals surface area contributed by atoms with E-state index in [0.717, 1.165) is 12.8 Å². The number of carbonyl (C=O) groups is 1. The van der Waals surface area contributed by atoms with E-state index in [2.05, 4.69) is 5.04 Å². The van der Waals surface area contributed by atoms with Gasteiger partial charge in [0, 0.05) is 0 Å². The Bertz CT molecular complexity index is 400. The van der Waals surface area contributed by atoms with Crippen LogP contribution in [0.4, 0.5) is 0 Å². The molecule has 0 saturated heterocycles. The second-order valence-corrected chi connectivity index (χ2v) is 4.55. The molecular formula is C13H18O5. The fourth-order valence-electron chi connectivity index (χ4n) is 1.51. The van der Waals surface area contributed by atoms with Crippen LogP contribution < -0.4 is 4.89 Å². The van der Waals surface area contributed by atoms with E-state index in [9.17, 15) is 4.79 Å². The van der Waals surface area contributed by atoms with Crippen molar-refractivity contribution < 1.29 is 24.7 Å². The van der Waals surface area contributed by atoms with Crippen molar-refractivity contribution in [2.75, 3.05) is 0 Å². The number of hydrogen-bond acceptors (Lipinski definition) is 4. The van der Waals surface area contributed by atoms with Gasteiger partial charge in [0.2, 0.25) is 0 Å². The van der Waals surface area contributed by atoms with Crippen molar-refractivity contribution in [2.24, 2.45) is 0 Å². The summed E-state index contributed by atoms with van der Waals surface area (Å²) in [5, 5.41) is 13.6. The van der Waals surface area contributed by atoms with Gasteiger partial charge in [-0.2, -0.15) is 4.89 Å². The van der Waals surface area contributed by atoms with Crippen molar-refractivity contribution in [1.82, 2.24) is 0 Å². The summed E-state index contributed by atoms with van der Waals surface area (Å²) in [6, 6.07) is 6.19. The lowest BCUT2D eigenvalue weighted by Gasteiger charge is -2.21. The van der Waals surface area contributed by atoms with Crippen LogP contribution in [0.25, 0.3) is 0 Å². The van der Waals surface area contributed by atoms with E-state index >= 15 is 0 Å². The zero-order valence-corrected chi connectivity index (χ0v) is 10.8. The van der Waals surface area contributed by atoms with Gasteiger partial charge in [-0.3, -0.25) is 0 Å². The van der Waals surface area contributed by atoms with Gasteiger partial charge >= 0.3 is 5.97 Å². The smallest absolute Gasteiger partial charge is 0.339 e. The van der Waals surface area contributed by atoms with Crippen LogP contribution >= 0.6 is 0 Å². The summed E-state index contributed by atoms with van der Waals surface area (Å²) in [6.45, 7) is 5.76. The monoisotopic (exact) mass is 254 g/mol. The maximum absolute atomic E-state index is 10.9. The van der Waals surface area contributed by atoms with Crippen LogP contribution in [0.5, 0.6) is 5.75 Å². The van der Waals surface area contributed by atoms with Gasteiger partial charge in [-0.05, 0) is 37.4 Å². The zero-order valence-electron chi connectivity index (χ0n) is 10.8. The lowest BCUT2D eigenvalue weighted by atomic mass is 10.0. The number of para-hydroxylation sites is 1. The maximum Gasteiger partial charge on any atom is 0.339 e. The van der Waals surface area contributed by atoms with E-state index in [4.69, 9.17) is 14.9 Å². The molecule has 1 aromatic rings. The van der Waals surface area contributed by atoms with Gasteiger partial charge in [-0.15, -0.1) is 0 Å². The Hall–Kier alpha value is -1.59. The van der Waals surface area contributed by atoms with E-state index in [1.807, 2.05) is 20.8 Å². The van der Waals surface area contributed by atoms with Crippen LogP contribution in [0.2, 0.25) is 0 Å². The number of hydrogen-bond donors (Lipinski definition) is 1. The van der Waals surface area contributed by atoms with Crippen molar-refractivity contribution in [3.63, 3.8) is 0 Å². The van der Waals surface area contributed by atoms with Gasteiger partial charge in [0.05, 0.1) is 0 Å². The molecule has 0 saturated carbocycles. The molecule has 0 atom stereocenters. The minimum absolute atomic E-state index is 0.0226. The summed E-state index contributed by atoms with van der Waals surface area (Å²) in [4.78, 5) is 20.9. The van der Waals surface area contributed by atoms with E-state index < -0.39 is 11.6 Å². The summed E-state index contributed by atoms with van der Waals surface area (Å²) >= 11 is 0. The highest BCUT2D eigenvalue weighted by atomic mass is 17.5. The summed E-state index contributed by atoms with van der Waals surface area (Å²) in [6.07, 6.45) is 1.75. The Balaban J connectivity index is 2.56. The molecule has 0 aliphatic rings. The lowest BCUT2D eigenvalue weighted by Crippen LogP contribution is -2.25.